The van der Waals surface area contributed by atoms with Crippen molar-refractivity contribution in [3.63, 3.8) is 0 Å². The largest absolute Gasteiger partial charge is 0.353 e. The van der Waals surface area contributed by atoms with Crippen LogP contribution in [0, 0.1) is 0 Å². The van der Waals surface area contributed by atoms with E-state index in [0.29, 0.717) is 13.0 Å². The molecule has 0 radical (unpaired) electrons. The first-order valence-electron chi connectivity index (χ1n) is 2.97. The van der Waals surface area contributed by atoms with Crippen molar-refractivity contribution in [1.29, 1.82) is 0 Å². The van der Waals surface area contributed by atoms with Crippen molar-refractivity contribution in [3.8, 4) is 0 Å². The molecular formula is C6H9N3O. The molecule has 0 atom stereocenters. The maximum absolute atomic E-state index is 9.87. The fourth-order valence-corrected chi connectivity index (χ4v) is 0.701. The topological polar surface area (TPSA) is 46.9 Å². The van der Waals surface area contributed by atoms with Crippen molar-refractivity contribution in [2.45, 2.75) is 6.54 Å². The third-order valence-electron chi connectivity index (χ3n) is 1.28. The average molecular weight is 139 g/mol. The number of carbonyl (C=O) groups excluding carboxylic acids is 1. The summed E-state index contributed by atoms with van der Waals surface area (Å²) in [5.41, 5.74) is 0.993. The third kappa shape index (κ3) is 1.34. The second kappa shape index (κ2) is 3.00. The van der Waals surface area contributed by atoms with Gasteiger partial charge in [-0.1, -0.05) is 0 Å². The van der Waals surface area contributed by atoms with Gasteiger partial charge in [-0.3, -0.25) is 4.79 Å². The third-order valence-corrected chi connectivity index (χ3v) is 1.28. The highest BCUT2D eigenvalue weighted by Gasteiger charge is 1.94. The first-order chi connectivity index (χ1) is 4.84. The van der Waals surface area contributed by atoms with Gasteiger partial charge in [-0.15, -0.1) is 0 Å². The van der Waals surface area contributed by atoms with Gasteiger partial charge in [0.05, 0.1) is 18.6 Å². The highest BCUT2D eigenvalue weighted by molar-refractivity contribution is 5.45. The minimum atomic E-state index is 0.542. The molecule has 0 aliphatic rings. The Morgan fingerprint density at radius 1 is 1.90 bits per heavy atom. The van der Waals surface area contributed by atoms with Gasteiger partial charge in [0.25, 0.3) is 0 Å². The molecular weight excluding hydrogens is 130 g/mol. The fraction of sp³-hybridized carbons (Fsp3) is 0.333. The quantitative estimate of drug-likeness (QED) is 0.583. The van der Waals surface area contributed by atoms with Crippen LogP contribution in [-0.4, -0.2) is 16.0 Å². The smallest absolute Gasteiger partial charge is 0.207 e. The number of imidazole rings is 1. The summed E-state index contributed by atoms with van der Waals surface area (Å²) in [7, 11) is 1.88. The molecule has 4 nitrogen and oxygen atoms in total. The first-order valence-corrected chi connectivity index (χ1v) is 2.97. The summed E-state index contributed by atoms with van der Waals surface area (Å²) in [4.78, 5) is 13.8. The molecule has 54 valence electrons. The van der Waals surface area contributed by atoms with Gasteiger partial charge in [0.1, 0.15) is 0 Å². The zero-order valence-corrected chi connectivity index (χ0v) is 5.74. The molecule has 0 bridgehead atoms. The summed E-state index contributed by atoms with van der Waals surface area (Å²) in [6.45, 7) is 0.542. The van der Waals surface area contributed by atoms with E-state index < -0.39 is 0 Å². The van der Waals surface area contributed by atoms with Gasteiger partial charge >= 0.3 is 0 Å². The number of hydrogen-bond donors (Lipinski definition) is 1. The van der Waals surface area contributed by atoms with E-state index in [1.807, 2.05) is 11.6 Å². The predicted octanol–water partition coefficient (Wildman–Crippen LogP) is -0.334. The van der Waals surface area contributed by atoms with E-state index in [-0.39, 0.29) is 0 Å². The number of hydrogen-bond acceptors (Lipinski definition) is 2. The normalized spacial score (nSPS) is 9.30. The van der Waals surface area contributed by atoms with Crippen LogP contribution < -0.4 is 5.32 Å². The summed E-state index contributed by atoms with van der Waals surface area (Å²) in [5.74, 6) is 0. The van der Waals surface area contributed by atoms with Crippen LogP contribution in [0.25, 0.3) is 0 Å². The van der Waals surface area contributed by atoms with Gasteiger partial charge in [0.2, 0.25) is 6.41 Å². The molecule has 0 saturated carbocycles. The van der Waals surface area contributed by atoms with Gasteiger partial charge in [-0.2, -0.15) is 0 Å². The SMILES string of the molecule is Cn1cncc1CNC=O. The summed E-state index contributed by atoms with van der Waals surface area (Å²) >= 11 is 0. The lowest BCUT2D eigenvalue weighted by atomic mass is 10.5. The standard InChI is InChI=1S/C6H9N3O/c1-9-4-7-2-6(9)3-8-5-10/h2,4-5H,3H2,1H3,(H,8,10). The molecule has 0 spiro atoms. The number of rotatable bonds is 3. The Morgan fingerprint density at radius 3 is 3.20 bits per heavy atom. The van der Waals surface area contributed by atoms with E-state index in [2.05, 4.69) is 10.3 Å². The lowest BCUT2D eigenvalue weighted by Gasteiger charge is -1.98. The molecule has 0 unspecified atom stereocenters. The molecule has 1 rings (SSSR count). The summed E-state index contributed by atoms with van der Waals surface area (Å²) in [6, 6.07) is 0. The lowest BCUT2D eigenvalue weighted by molar-refractivity contribution is -0.109. The second-order valence-electron chi connectivity index (χ2n) is 1.99. The van der Waals surface area contributed by atoms with Crippen molar-refractivity contribution in [2.75, 3.05) is 0 Å². The Morgan fingerprint density at radius 2 is 2.70 bits per heavy atom. The molecule has 1 aromatic rings. The Bertz CT molecular complexity index is 219. The molecule has 4 heteroatoms. The van der Waals surface area contributed by atoms with Crippen molar-refractivity contribution in [3.05, 3.63) is 18.2 Å². The molecule has 0 fully saturated rings. The van der Waals surface area contributed by atoms with Crippen LogP contribution in [0.2, 0.25) is 0 Å². The van der Waals surface area contributed by atoms with Gasteiger partial charge in [-0.25, -0.2) is 4.98 Å². The monoisotopic (exact) mass is 139 g/mol. The highest BCUT2D eigenvalue weighted by Crippen LogP contribution is 1.93. The number of aryl methyl sites for hydroxylation is 1. The maximum atomic E-state index is 9.87. The van der Waals surface area contributed by atoms with Gasteiger partial charge < -0.3 is 9.88 Å². The molecule has 0 aliphatic heterocycles. The summed E-state index contributed by atoms with van der Waals surface area (Å²) in [5, 5.41) is 2.55. The number of aromatic nitrogens is 2. The van der Waals surface area contributed by atoms with Crippen molar-refractivity contribution in [1.82, 2.24) is 14.9 Å². The number of nitrogens with one attached hydrogen (secondary N) is 1. The van der Waals surface area contributed by atoms with Crippen LogP contribution in [0.4, 0.5) is 0 Å². The fourth-order valence-electron chi connectivity index (χ4n) is 0.701. The molecule has 0 saturated heterocycles. The van der Waals surface area contributed by atoms with E-state index >= 15 is 0 Å². The second-order valence-corrected chi connectivity index (χ2v) is 1.99. The zero-order valence-electron chi connectivity index (χ0n) is 5.74. The Labute approximate surface area is 58.9 Å². The van der Waals surface area contributed by atoms with Crippen LogP contribution in [0.15, 0.2) is 12.5 Å². The van der Waals surface area contributed by atoms with Crippen LogP contribution in [0.1, 0.15) is 5.69 Å². The highest BCUT2D eigenvalue weighted by atomic mass is 16.1. The van der Waals surface area contributed by atoms with E-state index in [9.17, 15) is 4.79 Å². The lowest BCUT2D eigenvalue weighted by Crippen LogP contribution is -2.12. The Balaban J connectivity index is 2.56. The van der Waals surface area contributed by atoms with E-state index in [1.165, 1.54) is 0 Å². The van der Waals surface area contributed by atoms with E-state index in [4.69, 9.17) is 0 Å². The van der Waals surface area contributed by atoms with Crippen LogP contribution in [-0.2, 0) is 18.4 Å². The molecule has 1 aromatic heterocycles. The molecule has 0 aromatic carbocycles. The summed E-state index contributed by atoms with van der Waals surface area (Å²) in [6.07, 6.45) is 4.09. The van der Waals surface area contributed by atoms with Crippen molar-refractivity contribution < 1.29 is 4.79 Å². The molecule has 0 aliphatic carbocycles. The zero-order chi connectivity index (χ0) is 7.40. The predicted molar refractivity (Wildman–Crippen MR) is 36.1 cm³/mol. The minimum absolute atomic E-state index is 0.542. The summed E-state index contributed by atoms with van der Waals surface area (Å²) < 4.78 is 1.86. The van der Waals surface area contributed by atoms with Crippen molar-refractivity contribution in [2.24, 2.45) is 7.05 Å². The van der Waals surface area contributed by atoms with Crippen LogP contribution >= 0.6 is 0 Å². The maximum Gasteiger partial charge on any atom is 0.207 e. The van der Waals surface area contributed by atoms with Crippen LogP contribution in [0.5, 0.6) is 0 Å². The molecule has 1 heterocycles. The first kappa shape index (κ1) is 6.80. The Kier molecular flexibility index (Phi) is 2.04. The van der Waals surface area contributed by atoms with E-state index in [1.54, 1.807) is 12.5 Å². The number of carbonyl (C=O) groups is 1. The number of nitrogens with zero attached hydrogens (tertiary/aromatic N) is 2. The van der Waals surface area contributed by atoms with Gasteiger partial charge in [0.15, 0.2) is 0 Å². The number of amides is 1. The average Bonchev–Trinajstić information content (AvgIpc) is 2.31. The molecule has 1 amide bonds. The van der Waals surface area contributed by atoms with Crippen molar-refractivity contribution >= 4 is 6.41 Å². The molecule has 10 heavy (non-hydrogen) atoms. The molecule has 1 N–H and O–H groups in total. The Hall–Kier alpha value is -1.32. The van der Waals surface area contributed by atoms with Gasteiger partial charge in [0, 0.05) is 13.2 Å². The van der Waals surface area contributed by atoms with Gasteiger partial charge in [-0.05, 0) is 0 Å². The van der Waals surface area contributed by atoms with Crippen LogP contribution in [0.3, 0.4) is 0 Å². The minimum Gasteiger partial charge on any atom is -0.353 e. The van der Waals surface area contributed by atoms with E-state index in [0.717, 1.165) is 5.69 Å².